The zero-order valence-electron chi connectivity index (χ0n) is 12.7. The third-order valence-corrected chi connectivity index (χ3v) is 5.51. The number of hydrogen-bond acceptors (Lipinski definition) is 2. The van der Waals surface area contributed by atoms with Gasteiger partial charge in [-0.25, -0.2) is 0 Å². The highest BCUT2D eigenvalue weighted by Crippen LogP contribution is 2.28. The van der Waals surface area contributed by atoms with Crippen LogP contribution in [0.1, 0.15) is 31.2 Å². The van der Waals surface area contributed by atoms with E-state index in [1.807, 2.05) is 23.1 Å². The van der Waals surface area contributed by atoms with E-state index >= 15 is 0 Å². The van der Waals surface area contributed by atoms with Gasteiger partial charge < -0.3 is 4.90 Å². The largest absolute Gasteiger partial charge is 0.342 e. The molecule has 0 bridgehead atoms. The van der Waals surface area contributed by atoms with Gasteiger partial charge in [0, 0.05) is 41.2 Å². The van der Waals surface area contributed by atoms with E-state index in [0.29, 0.717) is 5.91 Å². The van der Waals surface area contributed by atoms with Gasteiger partial charge in [-0.05, 0) is 50.9 Å². The number of hydrogen-bond donors (Lipinski definition) is 0. The molecule has 3 rings (SSSR count). The quantitative estimate of drug-likeness (QED) is 0.834. The van der Waals surface area contributed by atoms with Gasteiger partial charge in [0.15, 0.2) is 0 Å². The minimum atomic E-state index is 0.205. The Hall–Kier alpha value is -0.770. The number of benzene rings is 1. The number of rotatable bonds is 3. The van der Waals surface area contributed by atoms with Gasteiger partial charge in [0.1, 0.15) is 0 Å². The fourth-order valence-corrected chi connectivity index (χ4v) is 3.96. The van der Waals surface area contributed by atoms with Gasteiger partial charge in [-0.15, -0.1) is 0 Å². The van der Waals surface area contributed by atoms with Crippen molar-refractivity contribution in [2.24, 2.45) is 5.92 Å². The van der Waals surface area contributed by atoms with Crippen molar-refractivity contribution < 1.29 is 4.79 Å². The second kappa shape index (κ2) is 7.20. The molecular formula is C17H22Cl2N2O. The van der Waals surface area contributed by atoms with Gasteiger partial charge in [-0.2, -0.15) is 0 Å². The molecule has 1 aromatic carbocycles. The highest BCUT2D eigenvalue weighted by molar-refractivity contribution is 6.35. The van der Waals surface area contributed by atoms with Crippen molar-refractivity contribution >= 4 is 29.1 Å². The maximum absolute atomic E-state index is 12.4. The van der Waals surface area contributed by atoms with Crippen LogP contribution < -0.4 is 0 Å². The summed E-state index contributed by atoms with van der Waals surface area (Å²) in [5.74, 6) is 0.573. The molecule has 3 nitrogen and oxygen atoms in total. The van der Waals surface area contributed by atoms with E-state index in [4.69, 9.17) is 23.2 Å². The molecule has 2 fully saturated rings. The molecule has 0 spiro atoms. The van der Waals surface area contributed by atoms with Crippen LogP contribution in [0, 0.1) is 5.92 Å². The topological polar surface area (TPSA) is 23.6 Å². The monoisotopic (exact) mass is 340 g/mol. The Morgan fingerprint density at radius 2 is 1.64 bits per heavy atom. The van der Waals surface area contributed by atoms with Crippen molar-refractivity contribution in [3.05, 3.63) is 33.8 Å². The number of nitrogens with zero attached hydrogens (tertiary/aromatic N) is 2. The minimum Gasteiger partial charge on any atom is -0.342 e. The molecule has 22 heavy (non-hydrogen) atoms. The van der Waals surface area contributed by atoms with E-state index in [0.717, 1.165) is 74.0 Å². The zero-order valence-corrected chi connectivity index (χ0v) is 14.2. The van der Waals surface area contributed by atoms with E-state index in [1.165, 1.54) is 0 Å². The molecule has 0 atom stereocenters. The van der Waals surface area contributed by atoms with E-state index in [9.17, 15) is 4.79 Å². The molecule has 0 unspecified atom stereocenters. The molecule has 0 aliphatic carbocycles. The van der Waals surface area contributed by atoms with Crippen molar-refractivity contribution in [2.45, 2.75) is 32.2 Å². The Morgan fingerprint density at radius 1 is 1.05 bits per heavy atom. The summed E-state index contributed by atoms with van der Waals surface area (Å²) in [5, 5.41) is 1.45. The van der Waals surface area contributed by atoms with Crippen LogP contribution >= 0.6 is 23.2 Å². The van der Waals surface area contributed by atoms with Crippen LogP contribution in [0.5, 0.6) is 0 Å². The lowest BCUT2D eigenvalue weighted by atomic mass is 9.95. The van der Waals surface area contributed by atoms with Gasteiger partial charge in [-0.1, -0.05) is 29.3 Å². The van der Waals surface area contributed by atoms with Crippen LogP contribution in [-0.4, -0.2) is 41.9 Å². The SMILES string of the molecule is O=C(C1CCN(Cc2c(Cl)cccc2Cl)CC1)N1CCCC1. The number of piperidine rings is 1. The van der Waals surface area contributed by atoms with E-state index in [1.54, 1.807) is 0 Å². The summed E-state index contributed by atoms with van der Waals surface area (Å²) in [6.07, 6.45) is 4.21. The molecule has 0 aromatic heterocycles. The van der Waals surface area contributed by atoms with Gasteiger partial charge in [0.05, 0.1) is 0 Å². The van der Waals surface area contributed by atoms with Crippen LogP contribution in [-0.2, 0) is 11.3 Å². The normalized spacial score (nSPS) is 20.5. The molecule has 1 amide bonds. The van der Waals surface area contributed by atoms with Crippen molar-refractivity contribution in [3.63, 3.8) is 0 Å². The molecule has 0 N–H and O–H groups in total. The van der Waals surface area contributed by atoms with E-state index in [2.05, 4.69) is 4.90 Å². The summed E-state index contributed by atoms with van der Waals surface area (Å²) >= 11 is 12.5. The number of carbonyl (C=O) groups excluding carboxylic acids is 1. The molecule has 2 aliphatic rings. The fourth-order valence-electron chi connectivity index (χ4n) is 3.44. The zero-order chi connectivity index (χ0) is 15.5. The van der Waals surface area contributed by atoms with Crippen LogP contribution in [0.25, 0.3) is 0 Å². The number of carbonyl (C=O) groups is 1. The summed E-state index contributed by atoms with van der Waals surface area (Å²) in [6, 6.07) is 5.63. The first-order valence-corrected chi connectivity index (χ1v) is 8.85. The molecule has 0 radical (unpaired) electrons. The molecule has 2 saturated heterocycles. The van der Waals surface area contributed by atoms with E-state index in [-0.39, 0.29) is 5.92 Å². The minimum absolute atomic E-state index is 0.205. The number of amides is 1. The van der Waals surface area contributed by atoms with Crippen molar-refractivity contribution in [1.29, 1.82) is 0 Å². The lowest BCUT2D eigenvalue weighted by Gasteiger charge is -2.33. The average molecular weight is 341 g/mol. The number of likely N-dealkylation sites (tertiary alicyclic amines) is 2. The molecule has 2 heterocycles. The van der Waals surface area contributed by atoms with Crippen LogP contribution in [0.2, 0.25) is 10.0 Å². The summed E-state index contributed by atoms with van der Waals surface area (Å²) in [7, 11) is 0. The van der Waals surface area contributed by atoms with Crippen LogP contribution in [0.3, 0.4) is 0 Å². The summed E-state index contributed by atoms with van der Waals surface area (Å²) in [4.78, 5) is 16.8. The van der Waals surface area contributed by atoms with Crippen molar-refractivity contribution in [1.82, 2.24) is 9.80 Å². The fraction of sp³-hybridized carbons (Fsp3) is 0.588. The number of halogens is 2. The highest BCUT2D eigenvalue weighted by atomic mass is 35.5. The summed E-state index contributed by atoms with van der Waals surface area (Å²) in [5.41, 5.74) is 0.996. The van der Waals surface area contributed by atoms with Crippen molar-refractivity contribution in [2.75, 3.05) is 26.2 Å². The second-order valence-corrected chi connectivity index (χ2v) is 7.10. The Bertz CT molecular complexity index is 515. The van der Waals surface area contributed by atoms with Gasteiger partial charge in [0.2, 0.25) is 5.91 Å². The Kier molecular flexibility index (Phi) is 5.27. The summed E-state index contributed by atoms with van der Waals surface area (Å²) < 4.78 is 0. The van der Waals surface area contributed by atoms with Gasteiger partial charge >= 0.3 is 0 Å². The maximum Gasteiger partial charge on any atom is 0.225 e. The smallest absolute Gasteiger partial charge is 0.225 e. The first-order valence-electron chi connectivity index (χ1n) is 8.09. The maximum atomic E-state index is 12.4. The molecular weight excluding hydrogens is 319 g/mol. The Balaban J connectivity index is 1.54. The Labute approximate surface area is 142 Å². The van der Waals surface area contributed by atoms with Gasteiger partial charge in [-0.3, -0.25) is 9.69 Å². The highest BCUT2D eigenvalue weighted by Gasteiger charge is 2.30. The van der Waals surface area contributed by atoms with E-state index < -0.39 is 0 Å². The van der Waals surface area contributed by atoms with Gasteiger partial charge in [0.25, 0.3) is 0 Å². The molecule has 5 heteroatoms. The molecule has 120 valence electrons. The lowest BCUT2D eigenvalue weighted by Crippen LogP contribution is -2.41. The second-order valence-electron chi connectivity index (χ2n) is 6.28. The predicted octanol–water partition coefficient (Wildman–Crippen LogP) is 3.83. The average Bonchev–Trinajstić information content (AvgIpc) is 3.05. The van der Waals surface area contributed by atoms with Crippen molar-refractivity contribution in [3.8, 4) is 0 Å². The predicted molar refractivity (Wildman–Crippen MR) is 90.3 cm³/mol. The molecule has 0 saturated carbocycles. The van der Waals surface area contributed by atoms with Crippen LogP contribution in [0.4, 0.5) is 0 Å². The lowest BCUT2D eigenvalue weighted by molar-refractivity contribution is -0.136. The first kappa shape index (κ1) is 16.1. The van der Waals surface area contributed by atoms with Crippen LogP contribution in [0.15, 0.2) is 18.2 Å². The first-order chi connectivity index (χ1) is 10.6. The Morgan fingerprint density at radius 3 is 2.23 bits per heavy atom. The standard InChI is InChI=1S/C17H22Cl2N2O/c18-15-4-3-5-16(19)14(15)12-20-10-6-13(7-11-20)17(22)21-8-1-2-9-21/h3-5,13H,1-2,6-12H2. The summed E-state index contributed by atoms with van der Waals surface area (Å²) in [6.45, 7) is 4.54. The molecule has 2 aliphatic heterocycles. The third kappa shape index (κ3) is 3.58. The molecule has 1 aromatic rings. The third-order valence-electron chi connectivity index (χ3n) is 4.80.